The van der Waals surface area contributed by atoms with Gasteiger partial charge in [0, 0.05) is 19.0 Å². The lowest BCUT2D eigenvalue weighted by Crippen LogP contribution is -2.40. The van der Waals surface area contributed by atoms with Crippen molar-refractivity contribution in [2.24, 2.45) is 0 Å². The molecule has 0 aromatic rings. The average Bonchev–Trinajstić information content (AvgIpc) is 2.27. The fourth-order valence-corrected chi connectivity index (χ4v) is 1.27. The first kappa shape index (κ1) is 15.5. The number of hydrogen-bond acceptors (Lipinski definition) is 2. The van der Waals surface area contributed by atoms with Crippen LogP contribution < -0.4 is 10.6 Å². The summed E-state index contributed by atoms with van der Waals surface area (Å²) in [7, 11) is 0. The number of amides is 2. The molecule has 17 heavy (non-hydrogen) atoms. The number of urea groups is 1. The minimum Gasteiger partial charge on any atom is -0.481 e. The van der Waals surface area contributed by atoms with E-state index in [0.717, 1.165) is 19.3 Å². The van der Waals surface area contributed by atoms with E-state index in [-0.39, 0.29) is 18.5 Å². The van der Waals surface area contributed by atoms with Crippen LogP contribution >= 0.6 is 0 Å². The van der Waals surface area contributed by atoms with Crippen molar-refractivity contribution in [3.63, 3.8) is 0 Å². The van der Waals surface area contributed by atoms with Gasteiger partial charge in [-0.05, 0) is 19.8 Å². The Morgan fingerprint density at radius 2 is 1.94 bits per heavy atom. The molecular weight excluding hydrogens is 220 g/mol. The maximum Gasteiger partial charge on any atom is 0.315 e. The molecule has 1 atom stereocenters. The Morgan fingerprint density at radius 1 is 1.29 bits per heavy atom. The molecule has 5 nitrogen and oxygen atoms in total. The minimum absolute atomic E-state index is 0.0365. The van der Waals surface area contributed by atoms with Crippen LogP contribution in [0.25, 0.3) is 0 Å². The van der Waals surface area contributed by atoms with Gasteiger partial charge in [-0.1, -0.05) is 18.9 Å². The first-order chi connectivity index (χ1) is 8.06. The summed E-state index contributed by atoms with van der Waals surface area (Å²) in [5.41, 5.74) is 0. The van der Waals surface area contributed by atoms with Crippen molar-refractivity contribution >= 4 is 12.0 Å². The maximum absolute atomic E-state index is 11.2. The fourth-order valence-electron chi connectivity index (χ4n) is 1.27. The lowest BCUT2D eigenvalue weighted by molar-refractivity contribution is -0.137. The molecule has 0 radical (unpaired) electrons. The van der Waals surface area contributed by atoms with Crippen LogP contribution in [0.3, 0.4) is 0 Å². The van der Waals surface area contributed by atoms with Crippen LogP contribution in [-0.4, -0.2) is 29.7 Å². The number of unbranched alkanes of at least 4 members (excludes halogenated alkanes) is 3. The van der Waals surface area contributed by atoms with Gasteiger partial charge in [-0.25, -0.2) is 4.79 Å². The molecule has 0 aliphatic carbocycles. The van der Waals surface area contributed by atoms with Gasteiger partial charge in [-0.2, -0.15) is 0 Å². The molecule has 1 unspecified atom stereocenters. The SMILES string of the molecule is C=CC(C)NC(=O)NCCCCCCC(=O)O. The van der Waals surface area contributed by atoms with Crippen molar-refractivity contribution in [2.75, 3.05) is 6.54 Å². The van der Waals surface area contributed by atoms with E-state index in [2.05, 4.69) is 17.2 Å². The largest absolute Gasteiger partial charge is 0.481 e. The van der Waals surface area contributed by atoms with Gasteiger partial charge in [0.1, 0.15) is 0 Å². The van der Waals surface area contributed by atoms with Gasteiger partial charge < -0.3 is 15.7 Å². The molecule has 0 aromatic carbocycles. The zero-order valence-electron chi connectivity index (χ0n) is 10.4. The number of carboxylic acids is 1. The van der Waals surface area contributed by atoms with Gasteiger partial charge in [0.15, 0.2) is 0 Å². The lowest BCUT2D eigenvalue weighted by Gasteiger charge is -2.10. The first-order valence-electron chi connectivity index (χ1n) is 5.95. The molecule has 0 saturated heterocycles. The van der Waals surface area contributed by atoms with Crippen LogP contribution in [0.5, 0.6) is 0 Å². The van der Waals surface area contributed by atoms with Crippen molar-refractivity contribution < 1.29 is 14.7 Å². The minimum atomic E-state index is -0.749. The van der Waals surface area contributed by atoms with E-state index in [1.165, 1.54) is 0 Å². The van der Waals surface area contributed by atoms with Crippen molar-refractivity contribution in [3.05, 3.63) is 12.7 Å². The number of aliphatic carboxylic acids is 1. The van der Waals surface area contributed by atoms with Gasteiger partial charge >= 0.3 is 12.0 Å². The molecule has 0 aliphatic heterocycles. The molecule has 98 valence electrons. The van der Waals surface area contributed by atoms with Gasteiger partial charge in [-0.3, -0.25) is 4.79 Å². The topological polar surface area (TPSA) is 78.4 Å². The van der Waals surface area contributed by atoms with E-state index in [1.54, 1.807) is 6.08 Å². The van der Waals surface area contributed by atoms with Crippen LogP contribution in [0.15, 0.2) is 12.7 Å². The van der Waals surface area contributed by atoms with Crippen LogP contribution in [0, 0.1) is 0 Å². The summed E-state index contributed by atoms with van der Waals surface area (Å²) in [4.78, 5) is 21.5. The Balaban J connectivity index is 3.30. The molecular formula is C12H22N2O3. The molecule has 0 rings (SSSR count). The highest BCUT2D eigenvalue weighted by atomic mass is 16.4. The second-order valence-corrected chi connectivity index (χ2v) is 3.98. The van der Waals surface area contributed by atoms with Crippen LogP contribution in [0.4, 0.5) is 4.79 Å². The summed E-state index contributed by atoms with van der Waals surface area (Å²) >= 11 is 0. The number of nitrogens with one attached hydrogen (secondary N) is 2. The normalized spacial score (nSPS) is 11.6. The highest BCUT2D eigenvalue weighted by Crippen LogP contribution is 2.01. The van der Waals surface area contributed by atoms with E-state index in [1.807, 2.05) is 6.92 Å². The van der Waals surface area contributed by atoms with Crippen molar-refractivity contribution in [2.45, 2.75) is 45.1 Å². The zero-order valence-corrected chi connectivity index (χ0v) is 10.4. The highest BCUT2D eigenvalue weighted by molar-refractivity contribution is 5.74. The molecule has 0 heterocycles. The molecule has 0 bridgehead atoms. The van der Waals surface area contributed by atoms with Gasteiger partial charge in [-0.15, -0.1) is 6.58 Å². The van der Waals surface area contributed by atoms with Crippen molar-refractivity contribution in [1.82, 2.24) is 10.6 Å². The number of carboxylic acid groups (broad SMARTS) is 1. The number of rotatable bonds is 9. The summed E-state index contributed by atoms with van der Waals surface area (Å²) in [5.74, 6) is -0.749. The Hall–Kier alpha value is -1.52. The van der Waals surface area contributed by atoms with Crippen LogP contribution in [0.2, 0.25) is 0 Å². The predicted molar refractivity (Wildman–Crippen MR) is 66.9 cm³/mol. The molecule has 2 amide bonds. The first-order valence-corrected chi connectivity index (χ1v) is 5.95. The summed E-state index contributed by atoms with van der Waals surface area (Å²) in [6.07, 6.45) is 5.28. The monoisotopic (exact) mass is 242 g/mol. The smallest absolute Gasteiger partial charge is 0.315 e. The van der Waals surface area contributed by atoms with Crippen LogP contribution in [0.1, 0.15) is 39.0 Å². The average molecular weight is 242 g/mol. The van der Waals surface area contributed by atoms with Gasteiger partial charge in [0.05, 0.1) is 0 Å². The maximum atomic E-state index is 11.2. The second kappa shape index (κ2) is 9.69. The Labute approximate surface area is 102 Å². The Bertz CT molecular complexity index is 254. The number of carbonyl (C=O) groups is 2. The number of carbonyl (C=O) groups excluding carboxylic acids is 1. The molecule has 0 spiro atoms. The standard InChI is InChI=1S/C12H22N2O3/c1-3-10(2)14-12(17)13-9-7-5-4-6-8-11(15)16/h3,10H,1,4-9H2,2H3,(H,15,16)(H2,13,14,17). The Morgan fingerprint density at radius 3 is 2.53 bits per heavy atom. The molecule has 0 saturated carbocycles. The fraction of sp³-hybridized carbons (Fsp3) is 0.667. The van der Waals surface area contributed by atoms with Crippen molar-refractivity contribution in [3.8, 4) is 0 Å². The third-order valence-corrected chi connectivity index (χ3v) is 2.32. The summed E-state index contributed by atoms with van der Waals surface area (Å²) in [6, 6.07) is -0.228. The lowest BCUT2D eigenvalue weighted by atomic mass is 10.1. The molecule has 0 aliphatic rings. The summed E-state index contributed by atoms with van der Waals surface area (Å²) < 4.78 is 0. The quantitative estimate of drug-likeness (QED) is 0.427. The summed E-state index contributed by atoms with van der Waals surface area (Å²) in [6.45, 7) is 6.03. The molecule has 3 N–H and O–H groups in total. The third kappa shape index (κ3) is 10.8. The van der Waals surface area contributed by atoms with E-state index in [9.17, 15) is 9.59 Å². The van der Waals surface area contributed by atoms with E-state index in [4.69, 9.17) is 5.11 Å². The van der Waals surface area contributed by atoms with E-state index in [0.29, 0.717) is 13.0 Å². The summed E-state index contributed by atoms with van der Waals surface area (Å²) in [5, 5.41) is 13.9. The highest BCUT2D eigenvalue weighted by Gasteiger charge is 2.02. The van der Waals surface area contributed by atoms with Crippen molar-refractivity contribution in [1.29, 1.82) is 0 Å². The predicted octanol–water partition coefficient (Wildman–Crippen LogP) is 1.90. The van der Waals surface area contributed by atoms with E-state index < -0.39 is 5.97 Å². The number of hydrogen-bond donors (Lipinski definition) is 3. The molecule has 5 heteroatoms. The Kier molecular flexibility index (Phi) is 8.82. The van der Waals surface area contributed by atoms with Gasteiger partial charge in [0.2, 0.25) is 0 Å². The third-order valence-electron chi connectivity index (χ3n) is 2.32. The molecule has 0 fully saturated rings. The van der Waals surface area contributed by atoms with Crippen LogP contribution in [-0.2, 0) is 4.79 Å². The second-order valence-electron chi connectivity index (χ2n) is 3.98. The molecule has 0 aromatic heterocycles. The zero-order chi connectivity index (χ0) is 13.1. The van der Waals surface area contributed by atoms with Gasteiger partial charge in [0.25, 0.3) is 0 Å². The van der Waals surface area contributed by atoms with E-state index >= 15 is 0 Å².